The SMILES string of the molecule is CC(C)c1ccc(Oc2cc3c4c(cc(Oc5ccc(C(C)C)cc5)c5c6c(Oc7ccc(C(C)C)cc7)cc7c8c(cc(Oc9ccc(C(C)C)cc9)c(c2c45)c86)C(=O)N(C(C(=O)N(CCOCC2CO2)CC2CCCCC2)c2ccc4c(c2)oc2ccccc24)C7=O)C(=O)N(C(C(=O)N(CCOCC2CO2)CC2CCCCC2)c2ccc4c(c2)oc2ccccc24)C3=O)cc1. The minimum absolute atomic E-state index is 0.00606. The Bertz CT molecular complexity index is 6360. The van der Waals surface area contributed by atoms with E-state index in [2.05, 4.69) is 55.4 Å². The highest BCUT2D eigenvalue weighted by molar-refractivity contribution is 6.45. The fourth-order valence-electron chi connectivity index (χ4n) is 20.6. The van der Waals surface area contributed by atoms with Gasteiger partial charge in [-0.3, -0.25) is 38.6 Å². The first-order valence-electron chi connectivity index (χ1n) is 47.2. The molecule has 0 radical (unpaired) electrons. The van der Waals surface area contributed by atoms with E-state index in [0.29, 0.717) is 128 Å². The zero-order valence-corrected chi connectivity index (χ0v) is 75.9. The van der Waals surface area contributed by atoms with Gasteiger partial charge in [0.15, 0.2) is 0 Å². The van der Waals surface area contributed by atoms with Crippen LogP contribution in [0.1, 0.15) is 230 Å². The number of carbonyl (C=O) groups is 6. The largest absolute Gasteiger partial charge is 0.457 e. The summed E-state index contributed by atoms with van der Waals surface area (Å²) < 4.78 is 67.5. The molecule has 21 rings (SSSR count). The Hall–Kier alpha value is -13.0. The number of epoxide rings is 2. The molecule has 132 heavy (non-hydrogen) atoms. The van der Waals surface area contributed by atoms with Crippen molar-refractivity contribution in [2.24, 2.45) is 11.8 Å². The molecule has 4 unspecified atom stereocenters. The van der Waals surface area contributed by atoms with Crippen molar-refractivity contribution in [1.29, 1.82) is 0 Å². The van der Waals surface area contributed by atoms with Crippen LogP contribution >= 0.6 is 0 Å². The van der Waals surface area contributed by atoms with Gasteiger partial charge in [0, 0.05) is 90.8 Å². The van der Waals surface area contributed by atoms with Crippen LogP contribution in [0.3, 0.4) is 0 Å². The summed E-state index contributed by atoms with van der Waals surface area (Å²) in [4.78, 5) is 110. The quantitative estimate of drug-likeness (QED) is 0.0126. The number of furan rings is 2. The molecule has 20 nitrogen and oxygen atoms in total. The average molecular weight is 1770 g/mol. The Balaban J connectivity index is 0.854. The molecule has 0 N–H and O–H groups in total. The number of hydrogen-bond donors (Lipinski definition) is 0. The second-order valence-corrected chi connectivity index (χ2v) is 38.1. The number of fused-ring (bicyclic) bond motifs is 8. The first kappa shape index (κ1) is 85.8. The third kappa shape index (κ3) is 16.3. The molecular formula is C112H108N4O16. The summed E-state index contributed by atoms with van der Waals surface area (Å²) in [5.74, 6) is -1.63. The molecule has 6 amide bonds. The summed E-state index contributed by atoms with van der Waals surface area (Å²) in [6.07, 6.45) is 9.60. The molecule has 6 heterocycles. The summed E-state index contributed by atoms with van der Waals surface area (Å²) >= 11 is 0. The van der Waals surface area contributed by atoms with Crippen LogP contribution in [-0.4, -0.2) is 133 Å². The molecule has 4 aliphatic heterocycles. The molecule has 672 valence electrons. The fourth-order valence-corrected chi connectivity index (χ4v) is 20.6. The molecule has 15 aromatic rings. The van der Waals surface area contributed by atoms with Gasteiger partial charge in [-0.2, -0.15) is 0 Å². The van der Waals surface area contributed by atoms with E-state index in [1.54, 1.807) is 46.2 Å². The molecule has 20 heteroatoms. The normalized spacial score (nSPS) is 17.1. The van der Waals surface area contributed by atoms with Crippen molar-refractivity contribution in [3.8, 4) is 46.0 Å². The van der Waals surface area contributed by atoms with Crippen LogP contribution in [0.25, 0.3) is 87.0 Å². The van der Waals surface area contributed by atoms with E-state index >= 15 is 28.8 Å². The van der Waals surface area contributed by atoms with Crippen LogP contribution < -0.4 is 18.9 Å². The average Bonchev–Trinajstić information content (AvgIpc) is 1.40. The molecule has 4 atom stereocenters. The highest BCUT2D eigenvalue weighted by atomic mass is 16.6. The maximum absolute atomic E-state index is 17.6. The van der Waals surface area contributed by atoms with E-state index in [-0.39, 0.29) is 130 Å². The van der Waals surface area contributed by atoms with E-state index in [4.69, 9.17) is 46.7 Å². The molecule has 0 bridgehead atoms. The van der Waals surface area contributed by atoms with Crippen molar-refractivity contribution < 1.29 is 75.5 Å². The van der Waals surface area contributed by atoms with E-state index in [1.807, 2.05) is 170 Å². The lowest BCUT2D eigenvalue weighted by Crippen LogP contribution is -2.51. The van der Waals surface area contributed by atoms with Crippen molar-refractivity contribution >= 4 is 122 Å². The van der Waals surface area contributed by atoms with Gasteiger partial charge in [-0.05, 0) is 192 Å². The summed E-state index contributed by atoms with van der Waals surface area (Å²) in [5.41, 5.74) is 6.95. The highest BCUT2D eigenvalue weighted by Gasteiger charge is 2.49. The molecular weight excluding hydrogens is 1660 g/mol. The standard InChI is InChI=1S/C112H108N4O16/c1-63(2)69-27-37-75(38-28-69)127-93-53-85-97-86(108(118)115(107(85)117)105(73-35-45-83-81-23-15-17-25-89(81)131-91(83)51-73)111(121)113(47-49-123-59-79-61-125-79)57-67-19-11-9-12-20-67)55-95(129-77-41-31-71(32-42-77)65(5)6)101-102-96(130-78-43-33-72(34-44-78)66(7)8)56-88-98-87(54-94(100(104(98)102)99(93)103(97)101)128-76-39-29-70(30-40-76)64(3)4)109(119)116(110(88)120)106(74-36-46-84-82-24-16-18-26-90(82)132-92(84)52-74)112(122)114(48-50-124-60-80-62-126-80)58-68-21-13-10-14-22-68/h15-18,23-46,51-56,63-68,79-80,105-106H,9-14,19-22,47-50,57-62H2,1-8H3. The molecule has 2 saturated carbocycles. The summed E-state index contributed by atoms with van der Waals surface area (Å²) in [6.45, 7) is 20.1. The molecule has 2 aromatic heterocycles. The van der Waals surface area contributed by atoms with Crippen LogP contribution in [0.2, 0.25) is 0 Å². The van der Waals surface area contributed by atoms with Crippen molar-refractivity contribution in [1.82, 2.24) is 19.6 Å². The number of imide groups is 2. The number of benzene rings is 13. The van der Waals surface area contributed by atoms with Gasteiger partial charge in [-0.1, -0.05) is 203 Å². The van der Waals surface area contributed by atoms with Gasteiger partial charge in [-0.25, -0.2) is 0 Å². The Morgan fingerprint density at radius 3 is 0.924 bits per heavy atom. The lowest BCUT2D eigenvalue weighted by atomic mass is 9.80. The number of ether oxygens (including phenoxy) is 8. The Labute approximate surface area is 766 Å². The highest BCUT2D eigenvalue weighted by Crippen LogP contribution is 2.59. The molecule has 4 fully saturated rings. The second-order valence-electron chi connectivity index (χ2n) is 38.1. The van der Waals surface area contributed by atoms with Gasteiger partial charge in [0.05, 0.1) is 61.9 Å². The number of para-hydroxylation sites is 2. The van der Waals surface area contributed by atoms with Gasteiger partial charge in [0.2, 0.25) is 0 Å². The first-order valence-corrected chi connectivity index (χ1v) is 47.2. The van der Waals surface area contributed by atoms with Crippen LogP contribution in [-0.2, 0) is 28.5 Å². The second kappa shape index (κ2) is 35.6. The maximum Gasteiger partial charge on any atom is 0.262 e. The van der Waals surface area contributed by atoms with Crippen LogP contribution in [0, 0.1) is 11.8 Å². The van der Waals surface area contributed by atoms with Gasteiger partial charge in [0.25, 0.3) is 35.4 Å². The van der Waals surface area contributed by atoms with Crippen molar-refractivity contribution in [3.63, 3.8) is 0 Å². The zero-order chi connectivity index (χ0) is 90.4. The maximum atomic E-state index is 17.6. The minimum Gasteiger partial charge on any atom is -0.457 e. The van der Waals surface area contributed by atoms with Gasteiger partial charge in [-0.15, -0.1) is 0 Å². The summed E-state index contributed by atoms with van der Waals surface area (Å²) in [6, 6.07) is 60.9. The van der Waals surface area contributed by atoms with Crippen LogP contribution in [0.5, 0.6) is 46.0 Å². The van der Waals surface area contributed by atoms with Crippen molar-refractivity contribution in [2.45, 2.75) is 168 Å². The van der Waals surface area contributed by atoms with E-state index < -0.39 is 47.5 Å². The number of nitrogens with zero attached hydrogens (tertiary/aromatic N) is 4. The van der Waals surface area contributed by atoms with Gasteiger partial charge >= 0.3 is 0 Å². The molecule has 2 aliphatic carbocycles. The van der Waals surface area contributed by atoms with Gasteiger partial charge in [0.1, 0.15) is 92.6 Å². The third-order valence-corrected chi connectivity index (χ3v) is 27.9. The molecule has 13 aromatic carbocycles. The van der Waals surface area contributed by atoms with Crippen molar-refractivity contribution in [3.05, 3.63) is 262 Å². The zero-order valence-electron chi connectivity index (χ0n) is 75.9. The summed E-state index contributed by atoms with van der Waals surface area (Å²) in [5, 5.41) is 5.41. The Morgan fingerprint density at radius 2 is 0.629 bits per heavy atom. The van der Waals surface area contributed by atoms with Crippen molar-refractivity contribution in [2.75, 3.05) is 65.8 Å². The smallest absolute Gasteiger partial charge is 0.262 e. The number of hydrogen-bond acceptors (Lipinski definition) is 16. The summed E-state index contributed by atoms with van der Waals surface area (Å²) in [7, 11) is 0. The third-order valence-electron chi connectivity index (χ3n) is 27.9. The molecule has 0 spiro atoms. The predicted molar refractivity (Wildman–Crippen MR) is 511 cm³/mol. The Morgan fingerprint density at radius 1 is 0.341 bits per heavy atom. The first-order chi connectivity index (χ1) is 64.2. The van der Waals surface area contributed by atoms with Gasteiger partial charge < -0.3 is 56.5 Å². The van der Waals surface area contributed by atoms with Crippen LogP contribution in [0.4, 0.5) is 0 Å². The van der Waals surface area contributed by atoms with E-state index in [0.717, 1.165) is 118 Å². The lowest BCUT2D eigenvalue weighted by Gasteiger charge is -2.39. The minimum atomic E-state index is -1.62. The fraction of sp³-hybridized carbons (Fsp3) is 0.339. The lowest BCUT2D eigenvalue weighted by molar-refractivity contribution is -0.138. The number of carbonyl (C=O) groups excluding carboxylic acids is 6. The Kier molecular flexibility index (Phi) is 23.1. The van der Waals surface area contributed by atoms with Crippen LogP contribution in [0.15, 0.2) is 215 Å². The van der Waals surface area contributed by atoms with E-state index in [1.165, 1.54) is 0 Å². The van der Waals surface area contributed by atoms with E-state index in [9.17, 15) is 0 Å². The molecule has 2 saturated heterocycles. The number of rotatable bonds is 32. The topological polar surface area (TPSA) is 222 Å². The number of amides is 6. The predicted octanol–water partition coefficient (Wildman–Crippen LogP) is 25.5. The molecule has 6 aliphatic rings. The monoisotopic (exact) mass is 1760 g/mol.